The van der Waals surface area contributed by atoms with Crippen molar-refractivity contribution in [2.45, 2.75) is 26.3 Å². The molecule has 0 aliphatic heterocycles. The molecule has 0 aliphatic carbocycles. The zero-order chi connectivity index (χ0) is 20.4. The predicted octanol–water partition coefficient (Wildman–Crippen LogP) is 3.84. The second-order valence-corrected chi connectivity index (χ2v) is 5.87. The molecule has 0 spiro atoms. The van der Waals surface area contributed by atoms with E-state index >= 15 is 0 Å². The molecule has 0 saturated heterocycles. The lowest BCUT2D eigenvalue weighted by Crippen LogP contribution is -2.26. The smallest absolute Gasteiger partial charge is 0.330 e. The minimum atomic E-state index is -0.507. The van der Waals surface area contributed by atoms with Crippen LogP contribution in [0.15, 0.2) is 48.7 Å². The van der Waals surface area contributed by atoms with Gasteiger partial charge in [0.1, 0.15) is 24.4 Å². The summed E-state index contributed by atoms with van der Waals surface area (Å²) in [7, 11) is 0. The van der Waals surface area contributed by atoms with E-state index in [2.05, 4.69) is 10.3 Å². The van der Waals surface area contributed by atoms with E-state index in [0.717, 1.165) is 11.3 Å². The van der Waals surface area contributed by atoms with Gasteiger partial charge >= 0.3 is 5.97 Å². The lowest BCUT2D eigenvalue weighted by atomic mass is 10.2. The highest BCUT2D eigenvalue weighted by molar-refractivity contribution is 5.87. The van der Waals surface area contributed by atoms with Crippen LogP contribution in [-0.2, 0) is 9.53 Å². The Morgan fingerprint density at radius 3 is 2.57 bits per heavy atom. The van der Waals surface area contributed by atoms with Crippen LogP contribution in [0.25, 0.3) is 6.08 Å². The third kappa shape index (κ3) is 6.71. The van der Waals surface area contributed by atoms with E-state index in [1.165, 1.54) is 24.4 Å². The third-order valence-corrected chi connectivity index (χ3v) is 3.83. The van der Waals surface area contributed by atoms with Crippen molar-refractivity contribution in [2.24, 2.45) is 0 Å². The van der Waals surface area contributed by atoms with E-state index < -0.39 is 10.9 Å². The minimum absolute atomic E-state index is 0.0792. The van der Waals surface area contributed by atoms with E-state index in [1.807, 2.05) is 38.1 Å². The molecule has 1 aromatic heterocycles. The standard InChI is InChI=1S/C20H23N3O5/c1-3-16(22-19-11-8-17(13-21-19)23(25)26)14-28-20(24)12-7-15-5-9-18(10-6-15)27-4-2/h5-13,16H,3-4,14H2,1-2H3,(H,21,22)/b12-7+. The number of carbonyl (C=O) groups excluding carboxylic acids is 1. The van der Waals surface area contributed by atoms with Crippen molar-refractivity contribution in [2.75, 3.05) is 18.5 Å². The average molecular weight is 385 g/mol. The largest absolute Gasteiger partial charge is 0.494 e. The fourth-order valence-electron chi connectivity index (χ4n) is 2.29. The molecule has 1 unspecified atom stereocenters. The number of pyridine rings is 1. The third-order valence-electron chi connectivity index (χ3n) is 3.83. The van der Waals surface area contributed by atoms with Gasteiger partial charge < -0.3 is 14.8 Å². The molecule has 1 aromatic carbocycles. The average Bonchev–Trinajstić information content (AvgIpc) is 2.71. The highest BCUT2D eigenvalue weighted by atomic mass is 16.6. The number of aromatic nitrogens is 1. The van der Waals surface area contributed by atoms with Crippen molar-refractivity contribution in [1.82, 2.24) is 4.98 Å². The maximum Gasteiger partial charge on any atom is 0.330 e. The normalized spacial score (nSPS) is 11.8. The highest BCUT2D eigenvalue weighted by Gasteiger charge is 2.11. The van der Waals surface area contributed by atoms with E-state index in [0.29, 0.717) is 18.8 Å². The van der Waals surface area contributed by atoms with Crippen LogP contribution in [0, 0.1) is 10.1 Å². The van der Waals surface area contributed by atoms with Gasteiger partial charge in [0.05, 0.1) is 17.6 Å². The fourth-order valence-corrected chi connectivity index (χ4v) is 2.29. The first-order valence-corrected chi connectivity index (χ1v) is 8.96. The van der Waals surface area contributed by atoms with Gasteiger partial charge in [-0.2, -0.15) is 0 Å². The van der Waals surface area contributed by atoms with Crippen LogP contribution in [0.2, 0.25) is 0 Å². The number of hydrogen-bond donors (Lipinski definition) is 1. The molecule has 0 bridgehead atoms. The molecule has 8 heteroatoms. The molecule has 8 nitrogen and oxygen atoms in total. The summed E-state index contributed by atoms with van der Waals surface area (Å²) in [6.45, 7) is 4.61. The Hall–Kier alpha value is -3.42. The van der Waals surface area contributed by atoms with Crippen LogP contribution in [0.5, 0.6) is 5.75 Å². The predicted molar refractivity (Wildman–Crippen MR) is 106 cm³/mol. The second kappa shape index (κ2) is 10.7. The summed E-state index contributed by atoms with van der Waals surface area (Å²) in [6, 6.07) is 10.1. The first-order chi connectivity index (χ1) is 13.5. The maximum absolute atomic E-state index is 11.9. The quantitative estimate of drug-likeness (QED) is 0.287. The van der Waals surface area contributed by atoms with Gasteiger partial charge in [-0.1, -0.05) is 19.1 Å². The van der Waals surface area contributed by atoms with Crippen molar-refractivity contribution < 1.29 is 19.2 Å². The molecular formula is C20H23N3O5. The molecule has 0 saturated carbocycles. The number of ether oxygens (including phenoxy) is 2. The van der Waals surface area contributed by atoms with Crippen LogP contribution in [0.3, 0.4) is 0 Å². The number of esters is 1. The molecule has 28 heavy (non-hydrogen) atoms. The Bertz CT molecular complexity index is 804. The monoisotopic (exact) mass is 385 g/mol. The van der Waals surface area contributed by atoms with Crippen LogP contribution in [0.1, 0.15) is 25.8 Å². The first-order valence-electron chi connectivity index (χ1n) is 8.96. The van der Waals surface area contributed by atoms with Gasteiger partial charge in [0.15, 0.2) is 0 Å². The van der Waals surface area contributed by atoms with Crippen LogP contribution in [0.4, 0.5) is 11.5 Å². The van der Waals surface area contributed by atoms with E-state index in [1.54, 1.807) is 6.08 Å². The molecule has 1 atom stereocenters. The summed E-state index contributed by atoms with van der Waals surface area (Å²) in [4.78, 5) is 26.1. The number of nitrogens with one attached hydrogen (secondary N) is 1. The number of nitrogens with zero attached hydrogens (tertiary/aromatic N) is 2. The summed E-state index contributed by atoms with van der Waals surface area (Å²) in [5, 5.41) is 13.7. The van der Waals surface area contributed by atoms with Crippen LogP contribution >= 0.6 is 0 Å². The molecule has 0 aliphatic rings. The SMILES string of the molecule is CCOc1ccc(/C=C/C(=O)OCC(CC)Nc2ccc([N+](=O)[O-])cn2)cc1. The Balaban J connectivity index is 1.83. The molecule has 0 fully saturated rings. The topological polar surface area (TPSA) is 104 Å². The second-order valence-electron chi connectivity index (χ2n) is 5.87. The lowest BCUT2D eigenvalue weighted by Gasteiger charge is -2.16. The number of hydrogen-bond acceptors (Lipinski definition) is 7. The van der Waals surface area contributed by atoms with Gasteiger partial charge in [0, 0.05) is 12.1 Å². The Kier molecular flexibility index (Phi) is 7.95. The molecule has 2 aromatic rings. The van der Waals surface area contributed by atoms with Crippen molar-refractivity contribution in [1.29, 1.82) is 0 Å². The van der Waals surface area contributed by atoms with Gasteiger partial charge in [-0.15, -0.1) is 0 Å². The molecular weight excluding hydrogens is 362 g/mol. The molecule has 1 N–H and O–H groups in total. The van der Waals surface area contributed by atoms with E-state index in [4.69, 9.17) is 9.47 Å². The van der Waals surface area contributed by atoms with E-state index in [-0.39, 0.29) is 18.3 Å². The molecule has 148 valence electrons. The molecule has 0 amide bonds. The first kappa shape index (κ1) is 20.9. The summed E-state index contributed by atoms with van der Waals surface area (Å²) in [6.07, 6.45) is 4.91. The van der Waals surface area contributed by atoms with Crippen molar-refractivity contribution in [3.05, 3.63) is 64.3 Å². The Morgan fingerprint density at radius 2 is 2.00 bits per heavy atom. The summed E-state index contributed by atoms with van der Waals surface area (Å²) in [5.74, 6) is 0.808. The van der Waals surface area contributed by atoms with E-state index in [9.17, 15) is 14.9 Å². The van der Waals surface area contributed by atoms with Crippen LogP contribution in [-0.4, -0.2) is 35.1 Å². The Labute approximate surface area is 163 Å². The number of nitro groups is 1. The van der Waals surface area contributed by atoms with Gasteiger partial charge in [-0.25, -0.2) is 9.78 Å². The van der Waals surface area contributed by atoms with Gasteiger partial charge in [-0.05, 0) is 43.2 Å². The van der Waals surface area contributed by atoms with Gasteiger partial charge in [-0.3, -0.25) is 10.1 Å². The van der Waals surface area contributed by atoms with Crippen molar-refractivity contribution in [3.8, 4) is 5.75 Å². The summed E-state index contributed by atoms with van der Waals surface area (Å²) >= 11 is 0. The van der Waals surface area contributed by atoms with Crippen LogP contribution < -0.4 is 10.1 Å². The van der Waals surface area contributed by atoms with Gasteiger partial charge in [0.2, 0.25) is 0 Å². The molecule has 0 radical (unpaired) electrons. The lowest BCUT2D eigenvalue weighted by molar-refractivity contribution is -0.385. The summed E-state index contributed by atoms with van der Waals surface area (Å²) in [5.41, 5.74) is 0.783. The molecule has 2 rings (SSSR count). The Morgan fingerprint density at radius 1 is 1.25 bits per heavy atom. The van der Waals surface area contributed by atoms with Crippen molar-refractivity contribution >= 4 is 23.6 Å². The highest BCUT2D eigenvalue weighted by Crippen LogP contribution is 2.14. The number of rotatable bonds is 10. The number of carbonyl (C=O) groups is 1. The maximum atomic E-state index is 11.9. The zero-order valence-electron chi connectivity index (χ0n) is 15.8. The fraction of sp³-hybridized carbons (Fsp3) is 0.300. The van der Waals surface area contributed by atoms with Crippen molar-refractivity contribution in [3.63, 3.8) is 0 Å². The molecule has 1 heterocycles. The summed E-state index contributed by atoms with van der Waals surface area (Å²) < 4.78 is 10.6. The van der Waals surface area contributed by atoms with Gasteiger partial charge in [0.25, 0.3) is 5.69 Å². The number of anilines is 1. The zero-order valence-corrected chi connectivity index (χ0v) is 15.8. The minimum Gasteiger partial charge on any atom is -0.494 e. The number of benzene rings is 1.